The van der Waals surface area contributed by atoms with Crippen molar-refractivity contribution in [2.45, 2.75) is 109 Å². The van der Waals surface area contributed by atoms with Crippen molar-refractivity contribution < 1.29 is 0 Å². The van der Waals surface area contributed by atoms with Crippen molar-refractivity contribution >= 4 is 62.5 Å². The number of allylic oxidation sites excluding steroid dienone is 4. The van der Waals surface area contributed by atoms with Crippen molar-refractivity contribution in [1.82, 2.24) is 0 Å². The first-order chi connectivity index (χ1) is 16.2. The first kappa shape index (κ1) is 32.8. The predicted molar refractivity (Wildman–Crippen MR) is 171 cm³/mol. The van der Waals surface area contributed by atoms with Gasteiger partial charge in [-0.25, -0.2) is 0 Å². The second-order valence-electron chi connectivity index (χ2n) is 14.6. The van der Waals surface area contributed by atoms with Gasteiger partial charge in [-0.3, -0.25) is 0 Å². The van der Waals surface area contributed by atoms with E-state index in [2.05, 4.69) is 132 Å². The van der Waals surface area contributed by atoms with E-state index in [0.717, 1.165) is 0 Å². The standard InChI is InChI=1S/C33H45Cl2Ge.Li/c1-30(2,3)23-15-21(16-24(19-23)31(4,5)6)27-13-14-28(29(27)36(34)35)22-17-25(32(7,8)9)20-26(18-22)33(10,11)12;/h13-20,29H,1-12H3;. The zero-order chi connectivity index (χ0) is 27.4. The summed E-state index contributed by atoms with van der Waals surface area (Å²) in [7, 11) is 13.9. The summed E-state index contributed by atoms with van der Waals surface area (Å²) in [5, 5.41) is 0. The Balaban J connectivity index is 0.00000481. The van der Waals surface area contributed by atoms with Gasteiger partial charge in [0.05, 0.1) is 0 Å². The molecule has 0 spiro atoms. The van der Waals surface area contributed by atoms with Gasteiger partial charge >= 0.3 is 235 Å². The first-order valence-electron chi connectivity index (χ1n) is 13.1. The normalized spacial score (nSPS) is 15.5. The molecule has 37 heavy (non-hydrogen) atoms. The van der Waals surface area contributed by atoms with E-state index >= 15 is 0 Å². The number of hydrogen-bond donors (Lipinski definition) is 0. The van der Waals surface area contributed by atoms with E-state index in [4.69, 9.17) is 20.0 Å². The van der Waals surface area contributed by atoms with Crippen LogP contribution in [0.3, 0.4) is 0 Å². The van der Waals surface area contributed by atoms with Gasteiger partial charge in [0.2, 0.25) is 0 Å². The molecular weight excluding hydrogens is 547 g/mol. The van der Waals surface area contributed by atoms with Crippen LogP contribution < -0.4 is 0 Å². The topological polar surface area (TPSA) is 0 Å². The fourth-order valence-electron chi connectivity index (χ4n) is 4.62. The molecule has 0 heterocycles. The molecule has 2 radical (unpaired) electrons. The van der Waals surface area contributed by atoms with Crippen LogP contribution >= 0.6 is 20.0 Å². The quantitative estimate of drug-likeness (QED) is 0.311. The maximum atomic E-state index is 6.94. The van der Waals surface area contributed by atoms with E-state index in [1.807, 2.05) is 0 Å². The molecule has 0 fully saturated rings. The van der Waals surface area contributed by atoms with Crippen LogP contribution in [0.4, 0.5) is 0 Å². The SMILES string of the molecule is CC(C)(C)c1cc(C2=CC=C(c3cc(C(C)(C)C)cc(C(C)(C)C)c3)[CH]2[Ge]([Cl])[Cl])cc(C(C)(C)C)c1.[Li]. The first-order valence-corrected chi connectivity index (χ1v) is 19.8. The molecule has 2 aromatic rings. The molecule has 0 N–H and O–H groups in total. The van der Waals surface area contributed by atoms with Gasteiger partial charge in [-0.1, -0.05) is 0 Å². The average Bonchev–Trinajstić information content (AvgIpc) is 3.16. The number of halogens is 2. The number of hydrogen-bond acceptors (Lipinski definition) is 0. The Morgan fingerprint density at radius 3 is 0.919 bits per heavy atom. The molecule has 0 saturated heterocycles. The maximum Gasteiger partial charge on any atom is 0 e. The van der Waals surface area contributed by atoms with Crippen molar-refractivity contribution in [3.63, 3.8) is 0 Å². The van der Waals surface area contributed by atoms with Crippen LogP contribution in [0, 0.1) is 0 Å². The van der Waals surface area contributed by atoms with Gasteiger partial charge in [0.25, 0.3) is 0 Å². The largest absolute Gasteiger partial charge is 0 e. The van der Waals surface area contributed by atoms with Crippen molar-refractivity contribution in [3.8, 4) is 0 Å². The van der Waals surface area contributed by atoms with Gasteiger partial charge < -0.3 is 0 Å². The molecule has 0 saturated carbocycles. The molecule has 0 nitrogen and oxygen atoms in total. The smallest absolute Gasteiger partial charge is 0 e. The van der Waals surface area contributed by atoms with E-state index < -0.39 is 12.5 Å². The average molecular weight is 592 g/mol. The molecule has 2 aromatic carbocycles. The second kappa shape index (κ2) is 11.3. The van der Waals surface area contributed by atoms with Crippen LogP contribution in [-0.2, 0) is 21.7 Å². The Hall–Kier alpha value is -0.360. The number of rotatable bonds is 3. The third-order valence-electron chi connectivity index (χ3n) is 7.28. The summed E-state index contributed by atoms with van der Waals surface area (Å²) in [6, 6.07) is 14.2. The Bertz CT molecular complexity index is 1040. The fraction of sp³-hybridized carbons (Fsp3) is 0.515. The van der Waals surface area contributed by atoms with Gasteiger partial charge in [0.1, 0.15) is 0 Å². The molecule has 0 unspecified atom stereocenters. The minimum Gasteiger partial charge on any atom is 0 e. The molecular formula is C33H45Cl2GeLi. The van der Waals surface area contributed by atoms with Crippen LogP contribution in [0.15, 0.2) is 48.6 Å². The van der Waals surface area contributed by atoms with Gasteiger partial charge in [-0.2, -0.15) is 0 Å². The molecule has 1 aliphatic carbocycles. The van der Waals surface area contributed by atoms with Gasteiger partial charge in [0, 0.05) is 18.9 Å². The van der Waals surface area contributed by atoms with Crippen LogP contribution in [0.5, 0.6) is 0 Å². The molecule has 0 amide bonds. The Kier molecular flexibility index (Phi) is 9.99. The molecule has 1 aliphatic rings. The summed E-state index contributed by atoms with van der Waals surface area (Å²) in [5.74, 6) is 0. The Morgan fingerprint density at radius 1 is 0.486 bits per heavy atom. The van der Waals surface area contributed by atoms with Crippen molar-refractivity contribution in [2.75, 3.05) is 0 Å². The maximum absolute atomic E-state index is 6.94. The van der Waals surface area contributed by atoms with E-state index in [0.29, 0.717) is 0 Å². The van der Waals surface area contributed by atoms with Crippen molar-refractivity contribution in [3.05, 3.63) is 81.9 Å². The van der Waals surface area contributed by atoms with Crippen LogP contribution in [-0.4, -0.2) is 31.4 Å². The van der Waals surface area contributed by atoms with E-state index in [-0.39, 0.29) is 45.3 Å². The predicted octanol–water partition coefficient (Wildman–Crippen LogP) is 10.3. The summed E-state index contributed by atoms with van der Waals surface area (Å²) in [6.45, 7) is 27.5. The summed E-state index contributed by atoms with van der Waals surface area (Å²) < 4.78 is 0.0828. The van der Waals surface area contributed by atoms with Crippen molar-refractivity contribution in [2.24, 2.45) is 0 Å². The molecule has 196 valence electrons. The van der Waals surface area contributed by atoms with E-state index in [1.54, 1.807) is 0 Å². The van der Waals surface area contributed by atoms with Gasteiger partial charge in [-0.05, 0) is 0 Å². The zero-order valence-corrected chi connectivity index (χ0v) is 29.1. The fourth-order valence-corrected chi connectivity index (χ4v) is 9.15. The third kappa shape index (κ3) is 7.64. The number of benzene rings is 2. The summed E-state index contributed by atoms with van der Waals surface area (Å²) in [4.78, 5) is 0. The zero-order valence-electron chi connectivity index (χ0n) is 25.5. The minimum atomic E-state index is -2.41. The molecule has 0 bridgehead atoms. The van der Waals surface area contributed by atoms with Gasteiger partial charge in [0.15, 0.2) is 0 Å². The molecule has 4 heteroatoms. The monoisotopic (exact) mass is 592 g/mol. The molecule has 3 rings (SSSR count). The minimum absolute atomic E-state index is 0. The Morgan fingerprint density at radius 2 is 0.730 bits per heavy atom. The summed E-state index contributed by atoms with van der Waals surface area (Å²) in [6.07, 6.45) is 4.57. The van der Waals surface area contributed by atoms with Crippen LogP contribution in [0.1, 0.15) is 116 Å². The van der Waals surface area contributed by atoms with E-state index in [1.165, 1.54) is 44.5 Å². The third-order valence-corrected chi connectivity index (χ3v) is 11.8. The van der Waals surface area contributed by atoms with E-state index in [9.17, 15) is 0 Å². The summed E-state index contributed by atoms with van der Waals surface area (Å²) in [5.41, 5.74) is 10.7. The molecule has 0 aliphatic heterocycles. The van der Waals surface area contributed by atoms with Gasteiger partial charge in [-0.15, -0.1) is 0 Å². The molecule has 0 aromatic heterocycles. The van der Waals surface area contributed by atoms with Crippen LogP contribution in [0.25, 0.3) is 11.1 Å². The summed E-state index contributed by atoms with van der Waals surface area (Å²) >= 11 is -2.41. The molecule has 0 atom stereocenters. The van der Waals surface area contributed by atoms with Crippen molar-refractivity contribution in [1.29, 1.82) is 0 Å². The second-order valence-corrected chi connectivity index (χ2v) is 22.2. The van der Waals surface area contributed by atoms with Crippen LogP contribution in [0.2, 0.25) is 4.75 Å². The Labute approximate surface area is 252 Å².